The lowest BCUT2D eigenvalue weighted by molar-refractivity contribution is -0.116. The molecule has 0 aliphatic carbocycles. The number of ether oxygens (including phenoxy) is 1. The molecule has 9 nitrogen and oxygen atoms in total. The highest BCUT2D eigenvalue weighted by atomic mass is 16.5. The van der Waals surface area contributed by atoms with Crippen LogP contribution < -0.4 is 5.32 Å². The summed E-state index contributed by atoms with van der Waals surface area (Å²) in [4.78, 5) is 32.8. The van der Waals surface area contributed by atoms with Crippen molar-refractivity contribution in [3.05, 3.63) is 53.0 Å². The van der Waals surface area contributed by atoms with Gasteiger partial charge < -0.3 is 19.4 Å². The second kappa shape index (κ2) is 9.73. The van der Waals surface area contributed by atoms with Gasteiger partial charge in [0.1, 0.15) is 11.3 Å². The van der Waals surface area contributed by atoms with E-state index in [-0.39, 0.29) is 30.0 Å². The van der Waals surface area contributed by atoms with Crippen molar-refractivity contribution in [3.63, 3.8) is 0 Å². The first-order valence-corrected chi connectivity index (χ1v) is 12.4. The van der Waals surface area contributed by atoms with Gasteiger partial charge in [-0.2, -0.15) is 5.10 Å². The molecule has 0 bridgehead atoms. The van der Waals surface area contributed by atoms with Crippen LogP contribution in [-0.4, -0.2) is 57.8 Å². The third-order valence-corrected chi connectivity index (χ3v) is 6.78. The molecule has 2 amide bonds. The Hall–Kier alpha value is -3.72. The molecular weight excluding hydrogens is 458 g/mol. The number of para-hydroxylation sites is 1. The van der Waals surface area contributed by atoms with Crippen molar-refractivity contribution in [3.8, 4) is 0 Å². The maximum Gasteiger partial charge on any atom is 0.291 e. The van der Waals surface area contributed by atoms with Crippen LogP contribution in [-0.2, 0) is 16.0 Å². The van der Waals surface area contributed by atoms with Gasteiger partial charge in [-0.25, -0.2) is 9.67 Å². The molecule has 0 radical (unpaired) electrons. The summed E-state index contributed by atoms with van der Waals surface area (Å²) in [5.41, 5.74) is 4.88. The minimum Gasteiger partial charge on any atom is -0.449 e. The third-order valence-electron chi connectivity index (χ3n) is 6.78. The number of pyridine rings is 1. The lowest BCUT2D eigenvalue weighted by Gasteiger charge is -2.26. The summed E-state index contributed by atoms with van der Waals surface area (Å²) < 4.78 is 13.2. The highest BCUT2D eigenvalue weighted by Gasteiger charge is 2.27. The number of furan rings is 1. The molecule has 0 saturated carbocycles. The monoisotopic (exact) mass is 489 g/mol. The maximum absolute atomic E-state index is 13.2. The molecule has 0 unspecified atom stereocenters. The van der Waals surface area contributed by atoms with Gasteiger partial charge in [0.2, 0.25) is 11.7 Å². The van der Waals surface area contributed by atoms with Crippen molar-refractivity contribution in [2.45, 2.75) is 46.6 Å². The number of aromatic nitrogens is 3. The third kappa shape index (κ3) is 4.35. The van der Waals surface area contributed by atoms with E-state index in [9.17, 15) is 9.59 Å². The number of fused-ring (bicyclic) bond motifs is 2. The van der Waals surface area contributed by atoms with Gasteiger partial charge in [0.15, 0.2) is 5.65 Å². The zero-order chi connectivity index (χ0) is 25.4. The Kier molecular flexibility index (Phi) is 6.49. The standard InChI is InChI=1S/C27H31N5O4/c1-16(2)32-26-21(15-28-32)17(3)19(18(4)29-26)9-10-23(33)30-24-20-7-5-6-8-22(20)36-25(24)27(34)31-11-13-35-14-12-31/h5-8,15-16H,9-14H2,1-4H3,(H,30,33). The minimum atomic E-state index is -0.242. The van der Waals surface area contributed by atoms with Crippen LogP contribution in [0.15, 0.2) is 34.9 Å². The van der Waals surface area contributed by atoms with Gasteiger partial charge in [0, 0.05) is 42.0 Å². The lowest BCUT2D eigenvalue weighted by Crippen LogP contribution is -2.40. The largest absolute Gasteiger partial charge is 0.449 e. The number of hydrogen-bond donors (Lipinski definition) is 1. The van der Waals surface area contributed by atoms with Gasteiger partial charge in [-0.15, -0.1) is 0 Å². The predicted octanol–water partition coefficient (Wildman–Crippen LogP) is 4.42. The molecule has 188 valence electrons. The van der Waals surface area contributed by atoms with Crippen LogP contribution in [0.25, 0.3) is 22.0 Å². The Morgan fingerprint density at radius 3 is 2.61 bits per heavy atom. The summed E-state index contributed by atoms with van der Waals surface area (Å²) in [6.45, 7) is 10.1. The highest BCUT2D eigenvalue weighted by molar-refractivity contribution is 6.10. The Morgan fingerprint density at radius 2 is 1.86 bits per heavy atom. The van der Waals surface area contributed by atoms with E-state index in [0.29, 0.717) is 49.4 Å². The van der Waals surface area contributed by atoms with Crippen LogP contribution in [0.2, 0.25) is 0 Å². The Morgan fingerprint density at radius 1 is 1.11 bits per heavy atom. The normalized spacial score (nSPS) is 14.2. The van der Waals surface area contributed by atoms with E-state index >= 15 is 0 Å². The molecule has 5 rings (SSSR count). The maximum atomic E-state index is 13.2. The molecule has 36 heavy (non-hydrogen) atoms. The second-order valence-corrected chi connectivity index (χ2v) is 9.48. The number of carbonyl (C=O) groups excluding carboxylic acids is 2. The molecule has 4 aromatic rings. The molecule has 1 aliphatic rings. The number of nitrogens with one attached hydrogen (secondary N) is 1. The van der Waals surface area contributed by atoms with Gasteiger partial charge in [0.05, 0.1) is 19.4 Å². The van der Waals surface area contributed by atoms with Crippen LogP contribution in [0, 0.1) is 13.8 Å². The average molecular weight is 490 g/mol. The SMILES string of the molecule is Cc1nc2c(cnn2C(C)C)c(C)c1CCC(=O)Nc1c(C(=O)N2CCOCC2)oc2ccccc12. The first-order chi connectivity index (χ1) is 17.3. The number of morpholine rings is 1. The van der Waals surface area contributed by atoms with E-state index in [4.69, 9.17) is 14.1 Å². The van der Waals surface area contributed by atoms with Crippen molar-refractivity contribution >= 4 is 39.5 Å². The molecule has 1 N–H and O–H groups in total. The number of rotatable bonds is 6. The number of amides is 2. The molecule has 0 atom stereocenters. The van der Waals surface area contributed by atoms with Crippen molar-refractivity contribution in [1.29, 1.82) is 0 Å². The van der Waals surface area contributed by atoms with Crippen molar-refractivity contribution in [1.82, 2.24) is 19.7 Å². The number of aryl methyl sites for hydroxylation is 2. The van der Waals surface area contributed by atoms with Crippen molar-refractivity contribution in [2.24, 2.45) is 0 Å². The summed E-state index contributed by atoms with van der Waals surface area (Å²) in [6, 6.07) is 7.57. The Bertz CT molecular complexity index is 1450. The van der Waals surface area contributed by atoms with Crippen LogP contribution >= 0.6 is 0 Å². The average Bonchev–Trinajstić information content (AvgIpc) is 3.46. The number of nitrogens with zero attached hydrogens (tertiary/aromatic N) is 4. The zero-order valence-corrected chi connectivity index (χ0v) is 21.1. The van der Waals surface area contributed by atoms with Gasteiger partial charge in [0.25, 0.3) is 5.91 Å². The van der Waals surface area contributed by atoms with Gasteiger partial charge in [-0.3, -0.25) is 9.59 Å². The molecule has 0 spiro atoms. The minimum absolute atomic E-state index is 0.156. The molecule has 1 saturated heterocycles. The molecule has 1 fully saturated rings. The number of hydrogen-bond acceptors (Lipinski definition) is 6. The molecule has 1 aromatic carbocycles. The van der Waals surface area contributed by atoms with Crippen molar-refractivity contribution < 1.29 is 18.7 Å². The van der Waals surface area contributed by atoms with E-state index < -0.39 is 0 Å². The topological polar surface area (TPSA) is 102 Å². The van der Waals surface area contributed by atoms with E-state index in [1.807, 2.05) is 36.0 Å². The van der Waals surface area contributed by atoms with Gasteiger partial charge >= 0.3 is 0 Å². The molecule has 4 heterocycles. The first-order valence-electron chi connectivity index (χ1n) is 12.4. The molecule has 9 heteroatoms. The number of anilines is 1. The fraction of sp³-hybridized carbons (Fsp3) is 0.407. The van der Waals surface area contributed by atoms with Gasteiger partial charge in [-0.1, -0.05) is 12.1 Å². The van der Waals surface area contributed by atoms with Crippen LogP contribution in [0.5, 0.6) is 0 Å². The molecular formula is C27H31N5O4. The quantitative estimate of drug-likeness (QED) is 0.430. The van der Waals surface area contributed by atoms with Crippen LogP contribution in [0.4, 0.5) is 5.69 Å². The Balaban J connectivity index is 1.38. The van der Waals surface area contributed by atoms with Crippen LogP contribution in [0.3, 0.4) is 0 Å². The van der Waals surface area contributed by atoms with E-state index in [2.05, 4.69) is 31.2 Å². The van der Waals surface area contributed by atoms with Gasteiger partial charge in [-0.05, 0) is 57.4 Å². The summed E-state index contributed by atoms with van der Waals surface area (Å²) in [5, 5.41) is 9.18. The fourth-order valence-corrected chi connectivity index (χ4v) is 4.81. The number of benzene rings is 1. The summed E-state index contributed by atoms with van der Waals surface area (Å²) in [7, 11) is 0. The lowest BCUT2D eigenvalue weighted by atomic mass is 10.00. The van der Waals surface area contributed by atoms with E-state index in [1.54, 1.807) is 11.0 Å². The summed E-state index contributed by atoms with van der Waals surface area (Å²) >= 11 is 0. The highest BCUT2D eigenvalue weighted by Crippen LogP contribution is 2.32. The number of carbonyl (C=O) groups is 2. The summed E-state index contributed by atoms with van der Waals surface area (Å²) in [6.07, 6.45) is 2.63. The van der Waals surface area contributed by atoms with Crippen molar-refractivity contribution in [2.75, 3.05) is 31.6 Å². The zero-order valence-electron chi connectivity index (χ0n) is 21.1. The second-order valence-electron chi connectivity index (χ2n) is 9.48. The van der Waals surface area contributed by atoms with E-state index in [0.717, 1.165) is 27.9 Å². The molecule has 3 aromatic heterocycles. The molecule has 1 aliphatic heterocycles. The first kappa shape index (κ1) is 24.0. The predicted molar refractivity (Wildman–Crippen MR) is 137 cm³/mol. The van der Waals surface area contributed by atoms with E-state index in [1.165, 1.54) is 0 Å². The van der Waals surface area contributed by atoms with Crippen LogP contribution in [0.1, 0.15) is 53.7 Å². The summed E-state index contributed by atoms with van der Waals surface area (Å²) in [5.74, 6) is -0.273. The Labute approximate surface area is 209 Å². The smallest absolute Gasteiger partial charge is 0.291 e. The fourth-order valence-electron chi connectivity index (χ4n) is 4.81.